The van der Waals surface area contributed by atoms with Gasteiger partial charge in [-0.1, -0.05) is 49.4 Å². The Kier molecular flexibility index (Phi) is 4.28. The molecule has 0 saturated carbocycles. The number of rotatable bonds is 4. The van der Waals surface area contributed by atoms with Crippen LogP contribution in [0.25, 0.3) is 17.2 Å². The number of nitrogens with one attached hydrogen (secondary N) is 1. The van der Waals surface area contributed by atoms with E-state index in [0.29, 0.717) is 11.6 Å². The van der Waals surface area contributed by atoms with E-state index in [1.54, 1.807) is 0 Å². The van der Waals surface area contributed by atoms with Crippen LogP contribution in [-0.2, 0) is 19.3 Å². The molecule has 2 aromatic heterocycles. The summed E-state index contributed by atoms with van der Waals surface area (Å²) in [6, 6.07) is 18.7. The lowest BCUT2D eigenvalue weighted by Crippen LogP contribution is -2.13. The van der Waals surface area contributed by atoms with Gasteiger partial charge in [0.05, 0.1) is 5.69 Å². The molecule has 0 atom stereocenters. The fourth-order valence-corrected chi connectivity index (χ4v) is 3.89. The molecule has 1 N–H and O–H groups in total. The molecule has 28 heavy (non-hydrogen) atoms. The van der Waals surface area contributed by atoms with Crippen molar-refractivity contribution in [2.75, 3.05) is 5.32 Å². The molecule has 0 amide bonds. The molecule has 0 saturated heterocycles. The van der Waals surface area contributed by atoms with Gasteiger partial charge >= 0.3 is 0 Å². The average Bonchev–Trinajstić information content (AvgIpc) is 3.18. The number of nitrogens with zero attached hydrogens (tertiary/aromatic N) is 4. The fourth-order valence-electron chi connectivity index (χ4n) is 3.89. The van der Waals surface area contributed by atoms with Crippen LogP contribution in [0.2, 0.25) is 0 Å². The number of aryl methyl sites for hydroxylation is 2. The summed E-state index contributed by atoms with van der Waals surface area (Å²) >= 11 is 0. The van der Waals surface area contributed by atoms with E-state index in [4.69, 9.17) is 15.1 Å². The highest BCUT2D eigenvalue weighted by molar-refractivity contribution is 5.66. The number of aromatic nitrogens is 4. The van der Waals surface area contributed by atoms with Crippen molar-refractivity contribution in [1.82, 2.24) is 19.6 Å². The minimum Gasteiger partial charge on any atom is -0.340 e. The van der Waals surface area contributed by atoms with Crippen molar-refractivity contribution in [2.45, 2.75) is 39.0 Å². The van der Waals surface area contributed by atoms with Crippen LogP contribution in [0, 0.1) is 0 Å². The summed E-state index contributed by atoms with van der Waals surface area (Å²) in [5.74, 6) is 2.37. The summed E-state index contributed by atoms with van der Waals surface area (Å²) in [7, 11) is 0. The van der Waals surface area contributed by atoms with E-state index in [2.05, 4.69) is 36.5 Å². The van der Waals surface area contributed by atoms with Gasteiger partial charge in [0.25, 0.3) is 5.78 Å². The molecule has 5 nitrogen and oxygen atoms in total. The van der Waals surface area contributed by atoms with Gasteiger partial charge in [-0.3, -0.25) is 0 Å². The van der Waals surface area contributed by atoms with Gasteiger partial charge < -0.3 is 5.32 Å². The highest BCUT2D eigenvalue weighted by atomic mass is 15.4. The van der Waals surface area contributed by atoms with Crippen molar-refractivity contribution in [3.8, 4) is 11.4 Å². The summed E-state index contributed by atoms with van der Waals surface area (Å²) in [6.07, 6.45) is 5.41. The summed E-state index contributed by atoms with van der Waals surface area (Å²) in [4.78, 5) is 9.58. The van der Waals surface area contributed by atoms with Crippen LogP contribution < -0.4 is 5.32 Å². The zero-order valence-corrected chi connectivity index (χ0v) is 16.0. The molecule has 1 aliphatic carbocycles. The van der Waals surface area contributed by atoms with Gasteiger partial charge in [0.15, 0.2) is 5.82 Å². The lowest BCUT2D eigenvalue weighted by atomic mass is 9.96. The Labute approximate surface area is 164 Å². The monoisotopic (exact) mass is 369 g/mol. The first kappa shape index (κ1) is 16.9. The molecule has 0 unspecified atom stereocenters. The largest absolute Gasteiger partial charge is 0.340 e. The van der Waals surface area contributed by atoms with Crippen molar-refractivity contribution in [3.05, 3.63) is 71.4 Å². The normalized spacial score (nSPS) is 13.5. The Morgan fingerprint density at radius 3 is 2.68 bits per heavy atom. The molecule has 0 spiro atoms. The summed E-state index contributed by atoms with van der Waals surface area (Å²) < 4.78 is 1.88. The minimum absolute atomic E-state index is 0.661. The highest BCUT2D eigenvalue weighted by Crippen LogP contribution is 2.30. The SMILES string of the molecule is CCc1cccc(Nc2c3c(nc4nc(-c5ccccc5)nn24)CCCC3)c1. The van der Waals surface area contributed by atoms with E-state index in [0.717, 1.165) is 42.0 Å². The molecule has 0 bridgehead atoms. The molecule has 0 aliphatic heterocycles. The Balaban J connectivity index is 1.67. The first-order chi connectivity index (χ1) is 13.8. The highest BCUT2D eigenvalue weighted by Gasteiger charge is 2.21. The standard InChI is InChI=1S/C23H23N5/c1-2-16-9-8-12-18(15-16)24-22-19-13-6-7-14-20(19)25-23-26-21(27-28(22)23)17-10-4-3-5-11-17/h3-5,8-12,15,24H,2,6-7,13-14H2,1H3. The maximum Gasteiger partial charge on any atom is 0.254 e. The maximum atomic E-state index is 4.85. The molecule has 0 radical (unpaired) electrons. The van der Waals surface area contributed by atoms with Gasteiger partial charge in [0, 0.05) is 16.8 Å². The van der Waals surface area contributed by atoms with E-state index < -0.39 is 0 Å². The van der Waals surface area contributed by atoms with E-state index in [1.807, 2.05) is 34.8 Å². The molecule has 2 aromatic carbocycles. The Bertz CT molecular complexity index is 1130. The van der Waals surface area contributed by atoms with Crippen molar-refractivity contribution in [3.63, 3.8) is 0 Å². The smallest absolute Gasteiger partial charge is 0.254 e. The lowest BCUT2D eigenvalue weighted by molar-refractivity contribution is 0.662. The van der Waals surface area contributed by atoms with Gasteiger partial charge in [-0.05, 0) is 49.8 Å². The van der Waals surface area contributed by atoms with Crippen molar-refractivity contribution in [1.29, 1.82) is 0 Å². The van der Waals surface area contributed by atoms with E-state index in [-0.39, 0.29) is 0 Å². The first-order valence-corrected chi connectivity index (χ1v) is 10.0. The quantitative estimate of drug-likeness (QED) is 0.551. The Morgan fingerprint density at radius 2 is 1.82 bits per heavy atom. The van der Waals surface area contributed by atoms with Gasteiger partial charge in [-0.2, -0.15) is 9.50 Å². The Hall–Kier alpha value is -3.21. The third kappa shape index (κ3) is 3.03. The van der Waals surface area contributed by atoms with Crippen LogP contribution in [0.15, 0.2) is 54.6 Å². The first-order valence-electron chi connectivity index (χ1n) is 10.0. The zero-order chi connectivity index (χ0) is 18.9. The topological polar surface area (TPSA) is 55.1 Å². The summed E-state index contributed by atoms with van der Waals surface area (Å²) in [5, 5.41) is 8.45. The zero-order valence-electron chi connectivity index (χ0n) is 16.0. The van der Waals surface area contributed by atoms with Crippen molar-refractivity contribution < 1.29 is 0 Å². The van der Waals surface area contributed by atoms with Gasteiger partial charge in [0.2, 0.25) is 0 Å². The van der Waals surface area contributed by atoms with Gasteiger partial charge in [0.1, 0.15) is 5.82 Å². The van der Waals surface area contributed by atoms with Crippen LogP contribution in [0.5, 0.6) is 0 Å². The number of fused-ring (bicyclic) bond motifs is 2. The second kappa shape index (κ2) is 7.08. The number of hydrogen-bond acceptors (Lipinski definition) is 4. The van der Waals surface area contributed by atoms with E-state index in [9.17, 15) is 0 Å². The molecule has 140 valence electrons. The average molecular weight is 369 g/mol. The van der Waals surface area contributed by atoms with E-state index >= 15 is 0 Å². The van der Waals surface area contributed by atoms with E-state index in [1.165, 1.54) is 24.0 Å². The predicted molar refractivity (Wildman–Crippen MR) is 112 cm³/mol. The van der Waals surface area contributed by atoms with Gasteiger partial charge in [-0.15, -0.1) is 5.10 Å². The second-order valence-electron chi connectivity index (χ2n) is 7.28. The number of hydrogen-bond donors (Lipinski definition) is 1. The van der Waals surface area contributed by atoms with Crippen LogP contribution in [-0.4, -0.2) is 19.6 Å². The van der Waals surface area contributed by atoms with Gasteiger partial charge in [-0.25, -0.2) is 4.98 Å². The summed E-state index contributed by atoms with van der Waals surface area (Å²) in [6.45, 7) is 2.18. The number of anilines is 2. The summed E-state index contributed by atoms with van der Waals surface area (Å²) in [5.41, 5.74) is 5.82. The molecular weight excluding hydrogens is 346 g/mol. The Morgan fingerprint density at radius 1 is 0.964 bits per heavy atom. The third-order valence-electron chi connectivity index (χ3n) is 5.39. The number of benzene rings is 2. The molecular formula is C23H23N5. The van der Waals surface area contributed by atoms with Crippen LogP contribution in [0.1, 0.15) is 36.6 Å². The minimum atomic E-state index is 0.661. The molecule has 4 aromatic rings. The molecule has 5 rings (SSSR count). The van der Waals surface area contributed by atoms with Crippen LogP contribution in [0.4, 0.5) is 11.5 Å². The third-order valence-corrected chi connectivity index (χ3v) is 5.39. The molecule has 0 fully saturated rings. The second-order valence-corrected chi connectivity index (χ2v) is 7.28. The molecule has 5 heteroatoms. The fraction of sp³-hybridized carbons (Fsp3) is 0.261. The lowest BCUT2D eigenvalue weighted by Gasteiger charge is -2.20. The van der Waals surface area contributed by atoms with Crippen molar-refractivity contribution >= 4 is 17.3 Å². The van der Waals surface area contributed by atoms with Crippen LogP contribution >= 0.6 is 0 Å². The van der Waals surface area contributed by atoms with Crippen molar-refractivity contribution in [2.24, 2.45) is 0 Å². The predicted octanol–water partition coefficient (Wildman–Crippen LogP) is 4.98. The molecule has 2 heterocycles. The van der Waals surface area contributed by atoms with Crippen LogP contribution in [0.3, 0.4) is 0 Å². The molecule has 1 aliphatic rings. The maximum absolute atomic E-state index is 4.85.